The van der Waals surface area contributed by atoms with Crippen molar-refractivity contribution in [2.75, 3.05) is 6.54 Å². The molecule has 0 saturated heterocycles. The Morgan fingerprint density at radius 3 is 2.90 bits per heavy atom. The lowest BCUT2D eigenvalue weighted by Crippen LogP contribution is -2.26. The number of fused-ring (bicyclic) bond motifs is 1. The molecule has 0 aliphatic heterocycles. The molecule has 0 unspecified atom stereocenters. The van der Waals surface area contributed by atoms with E-state index >= 15 is 0 Å². The Labute approximate surface area is 126 Å². The Hall–Kier alpha value is -2.21. The highest BCUT2D eigenvalue weighted by Crippen LogP contribution is 2.21. The summed E-state index contributed by atoms with van der Waals surface area (Å²) in [6, 6.07) is 9.84. The molecular weight excluding hydrogens is 284 g/mol. The van der Waals surface area contributed by atoms with E-state index < -0.39 is 0 Å². The van der Waals surface area contributed by atoms with Crippen molar-refractivity contribution in [3.8, 4) is 0 Å². The highest BCUT2D eigenvalue weighted by molar-refractivity contribution is 7.18. The molecular formula is C15H16N4OS. The second-order valence-corrected chi connectivity index (χ2v) is 5.99. The van der Waals surface area contributed by atoms with E-state index in [1.54, 1.807) is 22.1 Å². The molecule has 0 saturated carbocycles. The third-order valence-electron chi connectivity index (χ3n) is 3.31. The Balaban J connectivity index is 1.59. The standard InChI is InChI=1S/C15H16N4OS/c1-10-9-12(18-19(10)2)15(20)16-8-7-14-17-11-5-3-4-6-13(11)21-14/h3-6,9H,7-8H2,1-2H3,(H,16,20). The van der Waals surface area contributed by atoms with E-state index in [2.05, 4.69) is 21.5 Å². The second kappa shape index (κ2) is 5.65. The number of hydrogen-bond donors (Lipinski definition) is 1. The van der Waals surface area contributed by atoms with Gasteiger partial charge in [-0.3, -0.25) is 9.48 Å². The van der Waals surface area contributed by atoms with Gasteiger partial charge in [-0.1, -0.05) is 12.1 Å². The van der Waals surface area contributed by atoms with Crippen molar-refractivity contribution in [2.45, 2.75) is 13.3 Å². The lowest BCUT2D eigenvalue weighted by Gasteiger charge is -2.00. The first-order valence-electron chi connectivity index (χ1n) is 6.77. The van der Waals surface area contributed by atoms with Gasteiger partial charge in [0.25, 0.3) is 5.91 Å². The van der Waals surface area contributed by atoms with Gasteiger partial charge in [0.1, 0.15) is 5.69 Å². The van der Waals surface area contributed by atoms with Gasteiger partial charge in [0, 0.05) is 25.7 Å². The van der Waals surface area contributed by atoms with E-state index in [-0.39, 0.29) is 5.91 Å². The quantitative estimate of drug-likeness (QED) is 0.804. The molecule has 21 heavy (non-hydrogen) atoms. The number of amides is 1. The van der Waals surface area contributed by atoms with Gasteiger partial charge in [-0.25, -0.2) is 4.98 Å². The minimum atomic E-state index is -0.139. The van der Waals surface area contributed by atoms with E-state index in [9.17, 15) is 4.79 Å². The molecule has 2 aromatic heterocycles. The number of carbonyl (C=O) groups is 1. The molecule has 1 N–H and O–H groups in total. The molecule has 2 heterocycles. The maximum Gasteiger partial charge on any atom is 0.271 e. The number of nitrogens with zero attached hydrogens (tertiary/aromatic N) is 3. The van der Waals surface area contributed by atoms with Crippen LogP contribution in [0.5, 0.6) is 0 Å². The molecule has 3 aromatic rings. The molecule has 3 rings (SSSR count). The third-order valence-corrected chi connectivity index (χ3v) is 4.41. The fourth-order valence-corrected chi connectivity index (χ4v) is 3.04. The Bertz CT molecular complexity index is 737. The largest absolute Gasteiger partial charge is 0.350 e. The Morgan fingerprint density at radius 1 is 1.38 bits per heavy atom. The highest BCUT2D eigenvalue weighted by atomic mass is 32.1. The highest BCUT2D eigenvalue weighted by Gasteiger charge is 2.10. The van der Waals surface area contributed by atoms with E-state index in [0.29, 0.717) is 12.2 Å². The first-order chi connectivity index (χ1) is 10.1. The van der Waals surface area contributed by atoms with Gasteiger partial charge in [-0.2, -0.15) is 5.10 Å². The van der Waals surface area contributed by atoms with Crippen LogP contribution in [-0.4, -0.2) is 27.2 Å². The molecule has 0 atom stereocenters. The number of rotatable bonds is 4. The van der Waals surface area contributed by atoms with Crippen LogP contribution in [0, 0.1) is 6.92 Å². The molecule has 108 valence electrons. The van der Waals surface area contributed by atoms with Crippen LogP contribution in [0.3, 0.4) is 0 Å². The number of benzene rings is 1. The van der Waals surface area contributed by atoms with Crippen LogP contribution in [0.2, 0.25) is 0 Å². The lowest BCUT2D eigenvalue weighted by atomic mass is 10.3. The van der Waals surface area contributed by atoms with Crippen LogP contribution < -0.4 is 5.32 Å². The first kappa shape index (κ1) is 13.8. The van der Waals surface area contributed by atoms with Gasteiger partial charge in [-0.05, 0) is 25.1 Å². The summed E-state index contributed by atoms with van der Waals surface area (Å²) in [6.45, 7) is 2.49. The summed E-state index contributed by atoms with van der Waals surface area (Å²) in [5.41, 5.74) is 2.44. The molecule has 0 aliphatic carbocycles. The summed E-state index contributed by atoms with van der Waals surface area (Å²) in [5.74, 6) is -0.139. The maximum absolute atomic E-state index is 12.0. The normalized spacial score (nSPS) is 11.0. The number of carbonyl (C=O) groups excluding carboxylic acids is 1. The molecule has 5 nitrogen and oxygen atoms in total. The van der Waals surface area contributed by atoms with E-state index in [0.717, 1.165) is 22.6 Å². The Kier molecular flexibility index (Phi) is 3.70. The lowest BCUT2D eigenvalue weighted by molar-refractivity contribution is 0.0948. The first-order valence-corrected chi connectivity index (χ1v) is 7.58. The van der Waals surface area contributed by atoms with Crippen LogP contribution in [0.25, 0.3) is 10.2 Å². The fourth-order valence-electron chi connectivity index (χ4n) is 2.07. The molecule has 1 aromatic carbocycles. The van der Waals surface area contributed by atoms with Crippen LogP contribution in [0.1, 0.15) is 21.2 Å². The number of thiazole rings is 1. The number of aromatic nitrogens is 3. The summed E-state index contributed by atoms with van der Waals surface area (Å²) in [4.78, 5) is 16.5. The third kappa shape index (κ3) is 2.95. The average molecular weight is 300 g/mol. The van der Waals surface area contributed by atoms with E-state index in [1.807, 2.05) is 32.2 Å². The predicted octanol–water partition coefficient (Wildman–Crippen LogP) is 2.31. The summed E-state index contributed by atoms with van der Waals surface area (Å²) in [7, 11) is 1.83. The summed E-state index contributed by atoms with van der Waals surface area (Å²) < 4.78 is 2.88. The summed E-state index contributed by atoms with van der Waals surface area (Å²) in [5, 5.41) is 8.08. The number of hydrogen-bond acceptors (Lipinski definition) is 4. The summed E-state index contributed by atoms with van der Waals surface area (Å²) >= 11 is 1.67. The molecule has 0 fully saturated rings. The smallest absolute Gasteiger partial charge is 0.271 e. The monoisotopic (exact) mass is 300 g/mol. The molecule has 0 aliphatic rings. The van der Waals surface area contributed by atoms with Crippen molar-refractivity contribution in [3.05, 3.63) is 46.7 Å². The van der Waals surface area contributed by atoms with E-state index in [1.165, 1.54) is 4.70 Å². The van der Waals surface area contributed by atoms with Crippen molar-refractivity contribution in [2.24, 2.45) is 7.05 Å². The minimum absolute atomic E-state index is 0.139. The van der Waals surface area contributed by atoms with Gasteiger partial charge in [-0.15, -0.1) is 11.3 Å². The van der Waals surface area contributed by atoms with Crippen molar-refractivity contribution in [1.29, 1.82) is 0 Å². The SMILES string of the molecule is Cc1cc(C(=O)NCCc2nc3ccccc3s2)nn1C. The summed E-state index contributed by atoms with van der Waals surface area (Å²) in [6.07, 6.45) is 0.733. The minimum Gasteiger partial charge on any atom is -0.350 e. The maximum atomic E-state index is 12.0. The van der Waals surface area contributed by atoms with Crippen molar-refractivity contribution in [3.63, 3.8) is 0 Å². The van der Waals surface area contributed by atoms with Gasteiger partial charge in [0.05, 0.1) is 15.2 Å². The molecule has 0 bridgehead atoms. The fraction of sp³-hybridized carbons (Fsp3) is 0.267. The molecule has 1 amide bonds. The van der Waals surface area contributed by atoms with Gasteiger partial charge in [0.15, 0.2) is 0 Å². The zero-order chi connectivity index (χ0) is 14.8. The molecule has 0 radical (unpaired) electrons. The number of para-hydroxylation sites is 1. The van der Waals surface area contributed by atoms with Crippen molar-refractivity contribution >= 4 is 27.5 Å². The predicted molar refractivity (Wildman–Crippen MR) is 83.6 cm³/mol. The topological polar surface area (TPSA) is 59.8 Å². The van der Waals surface area contributed by atoms with Crippen LogP contribution >= 0.6 is 11.3 Å². The van der Waals surface area contributed by atoms with Crippen LogP contribution in [0.15, 0.2) is 30.3 Å². The number of aryl methyl sites for hydroxylation is 2. The van der Waals surface area contributed by atoms with Gasteiger partial charge >= 0.3 is 0 Å². The zero-order valence-corrected chi connectivity index (χ0v) is 12.8. The zero-order valence-electron chi connectivity index (χ0n) is 12.0. The number of nitrogens with one attached hydrogen (secondary N) is 1. The van der Waals surface area contributed by atoms with Crippen molar-refractivity contribution < 1.29 is 4.79 Å². The van der Waals surface area contributed by atoms with Gasteiger partial charge in [0.2, 0.25) is 0 Å². The Morgan fingerprint density at radius 2 is 2.19 bits per heavy atom. The van der Waals surface area contributed by atoms with E-state index in [4.69, 9.17) is 0 Å². The van der Waals surface area contributed by atoms with Crippen molar-refractivity contribution in [1.82, 2.24) is 20.1 Å². The molecule has 0 spiro atoms. The van der Waals surface area contributed by atoms with Crippen LogP contribution in [0.4, 0.5) is 0 Å². The second-order valence-electron chi connectivity index (χ2n) is 4.88. The van der Waals surface area contributed by atoms with Crippen LogP contribution in [-0.2, 0) is 13.5 Å². The van der Waals surface area contributed by atoms with Gasteiger partial charge < -0.3 is 5.32 Å². The average Bonchev–Trinajstić information content (AvgIpc) is 3.02. The molecule has 6 heteroatoms.